The highest BCUT2D eigenvalue weighted by Crippen LogP contribution is 2.18. The topological polar surface area (TPSA) is 70.7 Å². The van der Waals surface area contributed by atoms with E-state index in [0.717, 1.165) is 11.3 Å². The Hall–Kier alpha value is -2.86. The van der Waals surface area contributed by atoms with Crippen LogP contribution in [0.5, 0.6) is 0 Å². The highest BCUT2D eigenvalue weighted by Gasteiger charge is 2.21. The van der Waals surface area contributed by atoms with Crippen LogP contribution < -0.4 is 10.6 Å². The number of carbonyl (C=O) groups excluding carboxylic acids is 2. The van der Waals surface area contributed by atoms with E-state index in [1.54, 1.807) is 11.0 Å². The number of nitrogens with one attached hydrogen (secondary N) is 2. The number of hydrogen-bond acceptors (Lipinski definition) is 4. The predicted octanol–water partition coefficient (Wildman–Crippen LogP) is 2.83. The van der Waals surface area contributed by atoms with Crippen LogP contribution in [0.2, 0.25) is 0 Å². The van der Waals surface area contributed by atoms with Gasteiger partial charge in [-0.15, -0.1) is 0 Å². The van der Waals surface area contributed by atoms with E-state index in [0.29, 0.717) is 37.6 Å². The summed E-state index contributed by atoms with van der Waals surface area (Å²) >= 11 is 0. The van der Waals surface area contributed by atoms with Gasteiger partial charge in [0.05, 0.1) is 25.3 Å². The maximum atomic E-state index is 12.8. The SMILES string of the molecule is Cc1ccc(NC(=O)CNc2ccccc2C(=O)N2CCOCC2)cc1C. The lowest BCUT2D eigenvalue weighted by molar-refractivity contribution is -0.114. The molecule has 27 heavy (non-hydrogen) atoms. The second-order valence-electron chi connectivity index (χ2n) is 6.65. The third-order valence-electron chi connectivity index (χ3n) is 4.69. The van der Waals surface area contributed by atoms with Crippen molar-refractivity contribution < 1.29 is 14.3 Å². The van der Waals surface area contributed by atoms with Crippen molar-refractivity contribution in [2.75, 3.05) is 43.5 Å². The zero-order chi connectivity index (χ0) is 19.2. The van der Waals surface area contributed by atoms with Gasteiger partial charge in [0.1, 0.15) is 0 Å². The van der Waals surface area contributed by atoms with Crippen molar-refractivity contribution in [3.8, 4) is 0 Å². The third-order valence-corrected chi connectivity index (χ3v) is 4.69. The van der Waals surface area contributed by atoms with Crippen LogP contribution in [-0.2, 0) is 9.53 Å². The summed E-state index contributed by atoms with van der Waals surface area (Å²) in [6.45, 7) is 6.40. The van der Waals surface area contributed by atoms with E-state index in [2.05, 4.69) is 10.6 Å². The predicted molar refractivity (Wildman–Crippen MR) is 106 cm³/mol. The zero-order valence-electron chi connectivity index (χ0n) is 15.7. The van der Waals surface area contributed by atoms with Gasteiger partial charge in [-0.1, -0.05) is 18.2 Å². The molecule has 1 fully saturated rings. The van der Waals surface area contributed by atoms with E-state index in [1.807, 2.05) is 50.2 Å². The minimum atomic E-state index is -0.160. The number of hydrogen-bond donors (Lipinski definition) is 2. The van der Waals surface area contributed by atoms with Crippen LogP contribution in [0.4, 0.5) is 11.4 Å². The molecule has 0 aliphatic carbocycles. The van der Waals surface area contributed by atoms with Crippen LogP contribution in [0.1, 0.15) is 21.5 Å². The number of ether oxygens (including phenoxy) is 1. The second-order valence-corrected chi connectivity index (χ2v) is 6.65. The van der Waals surface area contributed by atoms with Gasteiger partial charge in [0.15, 0.2) is 0 Å². The van der Waals surface area contributed by atoms with E-state index in [-0.39, 0.29) is 18.4 Å². The van der Waals surface area contributed by atoms with Crippen LogP contribution in [0, 0.1) is 13.8 Å². The Labute approximate surface area is 159 Å². The van der Waals surface area contributed by atoms with Crippen molar-refractivity contribution in [2.24, 2.45) is 0 Å². The zero-order valence-corrected chi connectivity index (χ0v) is 15.7. The smallest absolute Gasteiger partial charge is 0.256 e. The van der Waals surface area contributed by atoms with Crippen molar-refractivity contribution >= 4 is 23.2 Å². The molecule has 0 saturated carbocycles. The standard InChI is InChI=1S/C21H25N3O3/c1-15-7-8-17(13-16(15)2)23-20(25)14-22-19-6-4-3-5-18(19)21(26)24-9-11-27-12-10-24/h3-8,13,22H,9-12,14H2,1-2H3,(H,23,25). The van der Waals surface area contributed by atoms with Gasteiger partial charge in [0.2, 0.25) is 5.91 Å². The normalized spacial score (nSPS) is 13.9. The average Bonchev–Trinajstić information content (AvgIpc) is 2.69. The summed E-state index contributed by atoms with van der Waals surface area (Å²) < 4.78 is 5.30. The fourth-order valence-corrected chi connectivity index (χ4v) is 2.96. The van der Waals surface area contributed by atoms with Gasteiger partial charge >= 0.3 is 0 Å². The van der Waals surface area contributed by atoms with Gasteiger partial charge in [-0.25, -0.2) is 0 Å². The molecule has 1 aliphatic rings. The molecule has 2 N–H and O–H groups in total. The van der Waals surface area contributed by atoms with Gasteiger partial charge in [-0.2, -0.15) is 0 Å². The number of para-hydroxylation sites is 1. The Bertz CT molecular complexity index is 829. The first-order chi connectivity index (χ1) is 13.0. The van der Waals surface area contributed by atoms with Crippen LogP contribution in [0.15, 0.2) is 42.5 Å². The van der Waals surface area contributed by atoms with Crippen molar-refractivity contribution in [3.63, 3.8) is 0 Å². The fraction of sp³-hybridized carbons (Fsp3) is 0.333. The monoisotopic (exact) mass is 367 g/mol. The molecular weight excluding hydrogens is 342 g/mol. The molecule has 142 valence electrons. The summed E-state index contributed by atoms with van der Waals surface area (Å²) in [6.07, 6.45) is 0. The molecule has 0 spiro atoms. The van der Waals surface area contributed by atoms with Gasteiger partial charge in [0, 0.05) is 24.5 Å². The van der Waals surface area contributed by atoms with E-state index in [9.17, 15) is 9.59 Å². The molecule has 2 aromatic carbocycles. The number of benzene rings is 2. The number of nitrogens with zero attached hydrogens (tertiary/aromatic N) is 1. The number of rotatable bonds is 5. The number of carbonyl (C=O) groups is 2. The first-order valence-corrected chi connectivity index (χ1v) is 9.11. The van der Waals surface area contributed by atoms with Crippen LogP contribution in [-0.4, -0.2) is 49.6 Å². The summed E-state index contributed by atoms with van der Waals surface area (Å²) in [7, 11) is 0. The Morgan fingerprint density at radius 1 is 1.04 bits per heavy atom. The van der Waals surface area contributed by atoms with E-state index in [4.69, 9.17) is 4.74 Å². The van der Waals surface area contributed by atoms with Crippen molar-refractivity contribution in [1.29, 1.82) is 0 Å². The molecule has 0 atom stereocenters. The van der Waals surface area contributed by atoms with Crippen molar-refractivity contribution in [2.45, 2.75) is 13.8 Å². The lowest BCUT2D eigenvalue weighted by atomic mass is 10.1. The Morgan fingerprint density at radius 3 is 2.52 bits per heavy atom. The molecule has 0 bridgehead atoms. The highest BCUT2D eigenvalue weighted by molar-refractivity contribution is 6.01. The summed E-state index contributed by atoms with van der Waals surface area (Å²) in [6, 6.07) is 13.1. The van der Waals surface area contributed by atoms with Gasteiger partial charge in [0.25, 0.3) is 5.91 Å². The highest BCUT2D eigenvalue weighted by atomic mass is 16.5. The molecule has 6 heteroatoms. The molecule has 1 aliphatic heterocycles. The molecular formula is C21H25N3O3. The molecule has 0 unspecified atom stereocenters. The first-order valence-electron chi connectivity index (χ1n) is 9.11. The van der Waals surface area contributed by atoms with Gasteiger partial charge < -0.3 is 20.3 Å². The Balaban J connectivity index is 1.62. The van der Waals surface area contributed by atoms with Gasteiger partial charge in [-0.05, 0) is 49.2 Å². The van der Waals surface area contributed by atoms with Crippen LogP contribution >= 0.6 is 0 Å². The summed E-state index contributed by atoms with van der Waals surface area (Å²) in [5.41, 5.74) is 4.30. The Morgan fingerprint density at radius 2 is 1.78 bits per heavy atom. The molecule has 2 aromatic rings. The summed E-state index contributed by atoms with van der Waals surface area (Å²) in [5, 5.41) is 5.97. The maximum Gasteiger partial charge on any atom is 0.256 e. The van der Waals surface area contributed by atoms with Crippen LogP contribution in [0.3, 0.4) is 0 Å². The number of amides is 2. The fourth-order valence-electron chi connectivity index (χ4n) is 2.96. The maximum absolute atomic E-state index is 12.8. The van der Waals surface area contributed by atoms with E-state index >= 15 is 0 Å². The lowest BCUT2D eigenvalue weighted by Crippen LogP contribution is -2.41. The van der Waals surface area contributed by atoms with E-state index in [1.165, 1.54) is 5.56 Å². The Kier molecular flexibility index (Phi) is 6.08. The first kappa shape index (κ1) is 18.9. The summed E-state index contributed by atoms with van der Waals surface area (Å²) in [5.74, 6) is -0.206. The minimum absolute atomic E-state index is 0.0454. The third kappa shape index (κ3) is 4.86. The molecule has 6 nitrogen and oxygen atoms in total. The molecule has 0 radical (unpaired) electrons. The number of morpholine rings is 1. The van der Waals surface area contributed by atoms with Crippen LogP contribution in [0.25, 0.3) is 0 Å². The minimum Gasteiger partial charge on any atom is -0.378 e. The molecule has 1 heterocycles. The van der Waals surface area contributed by atoms with Crippen molar-refractivity contribution in [1.82, 2.24) is 4.90 Å². The molecule has 3 rings (SSSR count). The quantitative estimate of drug-likeness (QED) is 0.853. The summed E-state index contributed by atoms with van der Waals surface area (Å²) in [4.78, 5) is 26.8. The van der Waals surface area contributed by atoms with Gasteiger partial charge in [-0.3, -0.25) is 9.59 Å². The largest absolute Gasteiger partial charge is 0.378 e. The number of aryl methyl sites for hydroxylation is 2. The molecule has 0 aromatic heterocycles. The molecule has 1 saturated heterocycles. The second kappa shape index (κ2) is 8.68. The van der Waals surface area contributed by atoms with Crippen molar-refractivity contribution in [3.05, 3.63) is 59.2 Å². The number of anilines is 2. The average molecular weight is 367 g/mol. The lowest BCUT2D eigenvalue weighted by Gasteiger charge is -2.27. The molecule has 2 amide bonds. The van der Waals surface area contributed by atoms with E-state index < -0.39 is 0 Å².